The lowest BCUT2D eigenvalue weighted by Crippen LogP contribution is -2.34. The molecule has 1 aromatic carbocycles. The number of ether oxygens (including phenoxy) is 1. The van der Waals surface area contributed by atoms with Crippen LogP contribution in [0.2, 0.25) is 0 Å². The second-order valence-electron chi connectivity index (χ2n) is 3.53. The number of hydrogen-bond acceptors (Lipinski definition) is 4. The van der Waals surface area contributed by atoms with E-state index in [0.717, 1.165) is 0 Å². The Balaban J connectivity index is 2.09. The molecule has 0 aliphatic carbocycles. The fourth-order valence-electron chi connectivity index (χ4n) is 1.06. The van der Waals surface area contributed by atoms with Crippen molar-refractivity contribution in [3.05, 3.63) is 30.3 Å². The molecule has 0 bridgehead atoms. The van der Waals surface area contributed by atoms with Gasteiger partial charge in [0.25, 0.3) is 0 Å². The lowest BCUT2D eigenvalue weighted by molar-refractivity contribution is -0.191. The fraction of sp³-hybridized carbons (Fsp3) is 0.455. The summed E-state index contributed by atoms with van der Waals surface area (Å²) in [6, 6.07) is 8.77. The van der Waals surface area contributed by atoms with E-state index < -0.39 is 18.9 Å². The molecule has 1 atom stereocenters. The zero-order valence-corrected chi connectivity index (χ0v) is 9.48. The number of nitrogens with one attached hydrogen (secondary N) is 1. The quantitative estimate of drug-likeness (QED) is 0.579. The number of para-hydroxylation sites is 1. The van der Waals surface area contributed by atoms with Gasteiger partial charge in [-0.3, -0.25) is 4.84 Å². The largest absolute Gasteiger partial charge is 0.491 e. The van der Waals surface area contributed by atoms with E-state index in [2.05, 4.69) is 4.84 Å². The molecule has 0 spiro atoms. The van der Waals surface area contributed by atoms with Gasteiger partial charge in [0.15, 0.2) is 6.61 Å². The first-order valence-electron chi connectivity index (χ1n) is 5.25. The Hall–Kier alpha value is -1.31. The lowest BCUT2D eigenvalue weighted by Gasteiger charge is -2.13. The van der Waals surface area contributed by atoms with Crippen LogP contribution in [0.3, 0.4) is 0 Å². The first-order valence-corrected chi connectivity index (χ1v) is 5.25. The molecule has 0 radical (unpaired) electrons. The summed E-state index contributed by atoms with van der Waals surface area (Å²) in [6.45, 7) is -1.59. The predicted molar refractivity (Wildman–Crippen MR) is 58.0 cm³/mol. The van der Waals surface area contributed by atoms with Crippen molar-refractivity contribution < 1.29 is 27.9 Å². The van der Waals surface area contributed by atoms with Gasteiger partial charge in [-0.1, -0.05) is 18.2 Å². The van der Waals surface area contributed by atoms with Gasteiger partial charge in [0, 0.05) is 0 Å². The third kappa shape index (κ3) is 7.10. The van der Waals surface area contributed by atoms with Crippen LogP contribution in [0.5, 0.6) is 5.75 Å². The molecule has 0 saturated carbocycles. The number of benzene rings is 1. The van der Waals surface area contributed by atoms with Crippen molar-refractivity contribution in [2.24, 2.45) is 0 Å². The second-order valence-corrected chi connectivity index (χ2v) is 3.53. The van der Waals surface area contributed by atoms with E-state index in [1.807, 2.05) is 11.5 Å². The van der Waals surface area contributed by atoms with Gasteiger partial charge >= 0.3 is 6.18 Å². The molecule has 2 N–H and O–H groups in total. The molecular formula is C11H14F3NO3. The normalized spacial score (nSPS) is 13.3. The Morgan fingerprint density at radius 1 is 1.22 bits per heavy atom. The Morgan fingerprint density at radius 2 is 1.89 bits per heavy atom. The van der Waals surface area contributed by atoms with Crippen LogP contribution in [0.4, 0.5) is 13.2 Å². The molecule has 0 heterocycles. The standard InChI is InChI=1S/C11H14F3NO3/c12-11(13,14)8-18-15-6-9(16)7-17-10-4-2-1-3-5-10/h1-5,9,15-16H,6-8H2. The van der Waals surface area contributed by atoms with Crippen molar-refractivity contribution in [1.82, 2.24) is 5.48 Å². The zero-order valence-electron chi connectivity index (χ0n) is 9.48. The van der Waals surface area contributed by atoms with Crippen molar-refractivity contribution >= 4 is 0 Å². The van der Waals surface area contributed by atoms with Crippen molar-refractivity contribution in [1.29, 1.82) is 0 Å². The average Bonchev–Trinajstić information content (AvgIpc) is 2.32. The third-order valence-corrected chi connectivity index (χ3v) is 1.84. The highest BCUT2D eigenvalue weighted by Gasteiger charge is 2.27. The molecule has 0 amide bonds. The number of alkyl halides is 3. The number of rotatable bonds is 7. The first kappa shape index (κ1) is 14.7. The summed E-state index contributed by atoms with van der Waals surface area (Å²) >= 11 is 0. The molecule has 0 aliphatic heterocycles. The number of halogens is 3. The molecular weight excluding hydrogens is 251 g/mol. The molecule has 1 rings (SSSR count). The Bertz CT molecular complexity index is 332. The van der Waals surface area contributed by atoms with Crippen LogP contribution in [0.25, 0.3) is 0 Å². The van der Waals surface area contributed by atoms with Crippen LogP contribution in [0, 0.1) is 0 Å². The Kier molecular flexibility index (Phi) is 5.90. The van der Waals surface area contributed by atoms with E-state index >= 15 is 0 Å². The molecule has 0 aromatic heterocycles. The van der Waals surface area contributed by atoms with E-state index in [9.17, 15) is 18.3 Å². The maximum absolute atomic E-state index is 11.7. The van der Waals surface area contributed by atoms with Crippen LogP contribution < -0.4 is 10.2 Å². The van der Waals surface area contributed by atoms with Crippen molar-refractivity contribution in [2.75, 3.05) is 19.8 Å². The summed E-state index contributed by atoms with van der Waals surface area (Å²) in [5.41, 5.74) is 2.03. The Labute approximate surface area is 102 Å². The van der Waals surface area contributed by atoms with Gasteiger partial charge in [-0.2, -0.15) is 18.7 Å². The monoisotopic (exact) mass is 265 g/mol. The maximum atomic E-state index is 11.7. The highest BCUT2D eigenvalue weighted by Crippen LogP contribution is 2.13. The molecule has 1 aromatic rings. The number of aliphatic hydroxyl groups excluding tert-OH is 1. The number of hydrogen-bond donors (Lipinski definition) is 2. The summed E-state index contributed by atoms with van der Waals surface area (Å²) in [4.78, 5) is 4.13. The molecule has 0 aliphatic rings. The van der Waals surface area contributed by atoms with Gasteiger partial charge in [0.1, 0.15) is 18.5 Å². The summed E-state index contributed by atoms with van der Waals surface area (Å²) in [6.07, 6.45) is -5.35. The van der Waals surface area contributed by atoms with Gasteiger partial charge in [0.2, 0.25) is 0 Å². The van der Waals surface area contributed by atoms with E-state index in [4.69, 9.17) is 4.74 Å². The minimum atomic E-state index is -4.39. The Morgan fingerprint density at radius 3 is 2.50 bits per heavy atom. The number of aliphatic hydroxyl groups is 1. The minimum absolute atomic E-state index is 0.0353. The van der Waals surface area contributed by atoms with E-state index in [0.29, 0.717) is 5.75 Å². The third-order valence-electron chi connectivity index (χ3n) is 1.84. The predicted octanol–water partition coefficient (Wildman–Crippen LogP) is 1.51. The van der Waals surface area contributed by atoms with Crippen LogP contribution in [0.15, 0.2) is 30.3 Å². The molecule has 7 heteroatoms. The molecule has 0 fully saturated rings. The van der Waals surface area contributed by atoms with Gasteiger partial charge in [-0.15, -0.1) is 0 Å². The minimum Gasteiger partial charge on any atom is -0.491 e. The van der Waals surface area contributed by atoms with Crippen LogP contribution in [-0.4, -0.2) is 37.1 Å². The zero-order chi connectivity index (χ0) is 13.4. The smallest absolute Gasteiger partial charge is 0.413 e. The summed E-state index contributed by atoms with van der Waals surface area (Å²) < 4.78 is 40.3. The number of hydroxylamine groups is 1. The summed E-state index contributed by atoms with van der Waals surface area (Å²) in [5.74, 6) is 0.577. The summed E-state index contributed by atoms with van der Waals surface area (Å²) in [5, 5.41) is 9.39. The van der Waals surface area contributed by atoms with E-state index in [-0.39, 0.29) is 13.2 Å². The second kappa shape index (κ2) is 7.20. The topological polar surface area (TPSA) is 50.7 Å². The average molecular weight is 265 g/mol. The first-order chi connectivity index (χ1) is 8.47. The van der Waals surface area contributed by atoms with E-state index in [1.165, 1.54) is 0 Å². The maximum Gasteiger partial charge on any atom is 0.413 e. The lowest BCUT2D eigenvalue weighted by atomic mass is 10.3. The van der Waals surface area contributed by atoms with Crippen molar-refractivity contribution in [2.45, 2.75) is 12.3 Å². The SMILES string of the molecule is OC(CNOCC(F)(F)F)COc1ccccc1. The highest BCUT2D eigenvalue weighted by molar-refractivity contribution is 5.20. The molecule has 1 unspecified atom stereocenters. The molecule has 0 saturated heterocycles. The molecule has 18 heavy (non-hydrogen) atoms. The molecule has 4 nitrogen and oxygen atoms in total. The highest BCUT2D eigenvalue weighted by atomic mass is 19.4. The van der Waals surface area contributed by atoms with Gasteiger partial charge in [0.05, 0.1) is 6.54 Å². The fourth-order valence-corrected chi connectivity index (χ4v) is 1.06. The van der Waals surface area contributed by atoms with Crippen LogP contribution in [-0.2, 0) is 4.84 Å². The summed E-state index contributed by atoms with van der Waals surface area (Å²) in [7, 11) is 0. The van der Waals surface area contributed by atoms with Crippen molar-refractivity contribution in [3.8, 4) is 5.75 Å². The van der Waals surface area contributed by atoms with Gasteiger partial charge < -0.3 is 9.84 Å². The van der Waals surface area contributed by atoms with Crippen LogP contribution in [0.1, 0.15) is 0 Å². The van der Waals surface area contributed by atoms with Crippen LogP contribution >= 0.6 is 0 Å². The van der Waals surface area contributed by atoms with Gasteiger partial charge in [-0.05, 0) is 12.1 Å². The molecule has 102 valence electrons. The van der Waals surface area contributed by atoms with Gasteiger partial charge in [-0.25, -0.2) is 0 Å². The van der Waals surface area contributed by atoms with Crippen molar-refractivity contribution in [3.63, 3.8) is 0 Å². The van der Waals surface area contributed by atoms with E-state index in [1.54, 1.807) is 24.3 Å².